The Morgan fingerprint density at radius 2 is 2.25 bits per heavy atom. The molecule has 2 aromatic rings. The molecular weight excluding hydrogens is 320 g/mol. The Hall–Kier alpha value is -1.37. The Morgan fingerprint density at radius 1 is 1.50 bits per heavy atom. The van der Waals surface area contributed by atoms with Gasteiger partial charge in [-0.15, -0.1) is 0 Å². The maximum absolute atomic E-state index is 5.72. The summed E-state index contributed by atoms with van der Waals surface area (Å²) in [5.74, 6) is 6.54. The molecule has 1 unspecified atom stereocenters. The highest BCUT2D eigenvalue weighted by molar-refractivity contribution is 9.10. The predicted octanol–water partition coefficient (Wildman–Crippen LogP) is 2.25. The summed E-state index contributed by atoms with van der Waals surface area (Å²) >= 11 is 3.58. The van der Waals surface area contributed by atoms with E-state index in [-0.39, 0.29) is 6.04 Å². The van der Waals surface area contributed by atoms with Crippen LogP contribution in [0.2, 0.25) is 0 Å². The van der Waals surface area contributed by atoms with Crippen molar-refractivity contribution < 1.29 is 4.74 Å². The molecule has 5 nitrogen and oxygen atoms in total. The van der Waals surface area contributed by atoms with Gasteiger partial charge in [0, 0.05) is 13.5 Å². The molecule has 20 heavy (non-hydrogen) atoms. The molecule has 0 aliphatic carbocycles. The lowest BCUT2D eigenvalue weighted by molar-refractivity contribution is 0.412. The molecule has 0 aliphatic heterocycles. The Bertz CT molecular complexity index is 597. The van der Waals surface area contributed by atoms with Crippen molar-refractivity contribution in [3.8, 4) is 5.75 Å². The normalized spacial score (nSPS) is 12.4. The average molecular weight is 339 g/mol. The number of nitrogens with one attached hydrogen (secondary N) is 1. The lowest BCUT2D eigenvalue weighted by Gasteiger charge is -2.17. The monoisotopic (exact) mass is 338 g/mol. The van der Waals surface area contributed by atoms with Gasteiger partial charge in [0.25, 0.3) is 0 Å². The molecule has 0 spiro atoms. The minimum absolute atomic E-state index is 0.00352. The van der Waals surface area contributed by atoms with Crippen molar-refractivity contribution in [1.82, 2.24) is 15.2 Å². The second-order valence-electron chi connectivity index (χ2n) is 4.67. The van der Waals surface area contributed by atoms with Gasteiger partial charge in [-0.25, -0.2) is 0 Å². The topological polar surface area (TPSA) is 65.1 Å². The fourth-order valence-electron chi connectivity index (χ4n) is 2.23. The van der Waals surface area contributed by atoms with Gasteiger partial charge in [-0.2, -0.15) is 5.10 Å². The molecule has 0 saturated carbocycles. The van der Waals surface area contributed by atoms with E-state index in [0.717, 1.165) is 33.6 Å². The van der Waals surface area contributed by atoms with Crippen molar-refractivity contribution in [2.45, 2.75) is 19.4 Å². The molecule has 2 rings (SSSR count). The number of aromatic nitrogens is 2. The van der Waals surface area contributed by atoms with Crippen LogP contribution in [-0.2, 0) is 13.5 Å². The zero-order valence-corrected chi connectivity index (χ0v) is 13.4. The lowest BCUT2D eigenvalue weighted by atomic mass is 10.0. The molecular formula is C14H19BrN4O. The number of hydrazine groups is 1. The number of methoxy groups -OCH3 is 1. The first kappa shape index (κ1) is 15.0. The van der Waals surface area contributed by atoms with Crippen LogP contribution in [0.3, 0.4) is 0 Å². The van der Waals surface area contributed by atoms with Gasteiger partial charge in [-0.3, -0.25) is 16.0 Å². The maximum Gasteiger partial charge on any atom is 0.119 e. The number of nitrogens with zero attached hydrogens (tertiary/aromatic N) is 2. The van der Waals surface area contributed by atoms with Crippen LogP contribution >= 0.6 is 15.9 Å². The number of halogens is 1. The summed E-state index contributed by atoms with van der Waals surface area (Å²) in [6.07, 6.45) is 0.738. The van der Waals surface area contributed by atoms with Crippen LogP contribution in [0.1, 0.15) is 23.0 Å². The fraction of sp³-hybridized carbons (Fsp3) is 0.357. The van der Waals surface area contributed by atoms with Crippen molar-refractivity contribution in [3.63, 3.8) is 0 Å². The first-order valence-electron chi connectivity index (χ1n) is 6.34. The minimum atomic E-state index is -0.00352. The summed E-state index contributed by atoms with van der Waals surface area (Å²) in [5, 5.41) is 4.40. The van der Waals surface area contributed by atoms with Gasteiger partial charge in [-0.05, 0) is 40.5 Å². The third kappa shape index (κ3) is 3.03. The van der Waals surface area contributed by atoms with Gasteiger partial charge < -0.3 is 4.74 Å². The highest BCUT2D eigenvalue weighted by Gasteiger charge is 2.17. The van der Waals surface area contributed by atoms with Crippen molar-refractivity contribution in [2.75, 3.05) is 7.11 Å². The van der Waals surface area contributed by atoms with E-state index >= 15 is 0 Å². The second-order valence-corrected chi connectivity index (χ2v) is 5.46. The van der Waals surface area contributed by atoms with Gasteiger partial charge in [-0.1, -0.05) is 12.1 Å². The Kier molecular flexibility index (Phi) is 4.80. The zero-order valence-electron chi connectivity index (χ0n) is 11.9. The molecule has 0 aliphatic rings. The third-order valence-corrected chi connectivity index (χ3v) is 4.39. The highest BCUT2D eigenvalue weighted by Crippen LogP contribution is 2.27. The number of hydrogen-bond acceptors (Lipinski definition) is 4. The largest absolute Gasteiger partial charge is 0.497 e. The Morgan fingerprint density at radius 3 is 2.80 bits per heavy atom. The van der Waals surface area contributed by atoms with E-state index in [4.69, 9.17) is 10.6 Å². The predicted molar refractivity (Wildman–Crippen MR) is 82.4 cm³/mol. The van der Waals surface area contributed by atoms with Crippen LogP contribution in [-0.4, -0.2) is 16.9 Å². The van der Waals surface area contributed by atoms with Gasteiger partial charge >= 0.3 is 0 Å². The summed E-state index contributed by atoms with van der Waals surface area (Å²) in [4.78, 5) is 0. The molecule has 1 heterocycles. The number of nitrogens with two attached hydrogens (primary N) is 1. The maximum atomic E-state index is 5.72. The van der Waals surface area contributed by atoms with E-state index in [9.17, 15) is 0 Å². The molecule has 108 valence electrons. The number of aryl methyl sites for hydroxylation is 2. The van der Waals surface area contributed by atoms with E-state index in [1.807, 2.05) is 42.9 Å². The van der Waals surface area contributed by atoms with Crippen LogP contribution in [0, 0.1) is 6.92 Å². The van der Waals surface area contributed by atoms with Crippen molar-refractivity contribution in [2.24, 2.45) is 12.9 Å². The van der Waals surface area contributed by atoms with Crippen molar-refractivity contribution in [3.05, 3.63) is 45.7 Å². The summed E-state index contributed by atoms with van der Waals surface area (Å²) in [7, 11) is 3.59. The van der Waals surface area contributed by atoms with E-state index in [1.54, 1.807) is 7.11 Å². The summed E-state index contributed by atoms with van der Waals surface area (Å²) in [6.45, 7) is 1.98. The molecule has 1 atom stereocenters. The van der Waals surface area contributed by atoms with Crippen LogP contribution in [0.5, 0.6) is 5.75 Å². The molecule has 1 aromatic heterocycles. The Labute approximate surface area is 127 Å². The van der Waals surface area contributed by atoms with E-state index in [2.05, 4.69) is 26.5 Å². The summed E-state index contributed by atoms with van der Waals surface area (Å²) in [6, 6.07) is 7.89. The highest BCUT2D eigenvalue weighted by atomic mass is 79.9. The number of ether oxygens (including phenoxy) is 1. The smallest absolute Gasteiger partial charge is 0.119 e. The lowest BCUT2D eigenvalue weighted by Crippen LogP contribution is -2.30. The molecule has 0 radical (unpaired) electrons. The van der Waals surface area contributed by atoms with Gasteiger partial charge in [0.05, 0.1) is 29.0 Å². The molecule has 0 bridgehead atoms. The standard InChI is InChI=1S/C14H19BrN4O/c1-9-14(15)13(19(2)18-9)8-12(17-16)10-5-4-6-11(7-10)20-3/h4-7,12,17H,8,16H2,1-3H3. The second kappa shape index (κ2) is 6.39. The van der Waals surface area contributed by atoms with Crippen molar-refractivity contribution in [1.29, 1.82) is 0 Å². The zero-order chi connectivity index (χ0) is 14.7. The van der Waals surface area contributed by atoms with E-state index in [0.29, 0.717) is 0 Å². The van der Waals surface area contributed by atoms with Crippen LogP contribution < -0.4 is 16.0 Å². The molecule has 0 amide bonds. The van der Waals surface area contributed by atoms with Crippen LogP contribution in [0.25, 0.3) is 0 Å². The Balaban J connectivity index is 2.28. The first-order chi connectivity index (χ1) is 9.56. The van der Waals surface area contributed by atoms with Gasteiger partial charge in [0.1, 0.15) is 5.75 Å². The number of rotatable bonds is 5. The molecule has 1 aromatic carbocycles. The third-order valence-electron chi connectivity index (χ3n) is 3.36. The SMILES string of the molecule is COc1cccc(C(Cc2c(Br)c(C)nn2C)NN)c1. The number of benzene rings is 1. The van der Waals surface area contributed by atoms with Gasteiger partial charge in [0.15, 0.2) is 0 Å². The van der Waals surface area contributed by atoms with Crippen LogP contribution in [0.15, 0.2) is 28.7 Å². The first-order valence-corrected chi connectivity index (χ1v) is 7.14. The minimum Gasteiger partial charge on any atom is -0.497 e. The fourth-order valence-corrected chi connectivity index (χ4v) is 2.72. The summed E-state index contributed by atoms with van der Waals surface area (Å²) in [5.41, 5.74) is 6.03. The molecule has 0 fully saturated rings. The molecule has 6 heteroatoms. The van der Waals surface area contributed by atoms with E-state index < -0.39 is 0 Å². The quantitative estimate of drug-likeness (QED) is 0.648. The summed E-state index contributed by atoms with van der Waals surface area (Å²) < 4.78 is 8.17. The molecule has 0 saturated heterocycles. The van der Waals surface area contributed by atoms with Crippen molar-refractivity contribution >= 4 is 15.9 Å². The number of hydrogen-bond donors (Lipinski definition) is 2. The van der Waals surface area contributed by atoms with Crippen LogP contribution in [0.4, 0.5) is 0 Å². The molecule has 3 N–H and O–H groups in total. The van der Waals surface area contributed by atoms with Gasteiger partial charge in [0.2, 0.25) is 0 Å². The van der Waals surface area contributed by atoms with E-state index in [1.165, 1.54) is 0 Å². The average Bonchev–Trinajstić information content (AvgIpc) is 2.70.